The van der Waals surface area contributed by atoms with E-state index in [9.17, 15) is 13.2 Å². The maximum atomic E-state index is 14.2. The zero-order valence-corrected chi connectivity index (χ0v) is 17.6. The Labute approximate surface area is 169 Å². The van der Waals surface area contributed by atoms with E-state index in [0.717, 1.165) is 18.8 Å². The fraction of sp³-hybridized carbons (Fsp3) is 0.680. The molecule has 0 heterocycles. The van der Waals surface area contributed by atoms with Gasteiger partial charge in [0.15, 0.2) is 6.17 Å². The second-order valence-electron chi connectivity index (χ2n) is 8.45. The normalized spacial score (nSPS) is 21.9. The molecule has 0 spiro atoms. The van der Waals surface area contributed by atoms with E-state index in [1.807, 2.05) is 12.1 Å². The lowest BCUT2D eigenvalue weighted by Crippen LogP contribution is -2.23. The smallest absolute Gasteiger partial charge is 0.236 e. The van der Waals surface area contributed by atoms with Crippen molar-refractivity contribution in [1.82, 2.24) is 0 Å². The summed E-state index contributed by atoms with van der Waals surface area (Å²) in [5.41, 5.74) is 1.28. The van der Waals surface area contributed by atoms with E-state index in [1.165, 1.54) is 50.5 Å². The molecule has 1 aromatic carbocycles. The molecule has 2 rings (SSSR count). The van der Waals surface area contributed by atoms with E-state index in [0.29, 0.717) is 5.92 Å². The Bertz CT molecular complexity index is 568. The number of rotatable bonds is 11. The van der Waals surface area contributed by atoms with Crippen molar-refractivity contribution < 1.29 is 13.2 Å². The number of allylic oxidation sites excluding steroid dienone is 2. The largest absolute Gasteiger partial charge is 0.282 e. The molecule has 0 N–H and O–H groups in total. The van der Waals surface area contributed by atoms with E-state index in [4.69, 9.17) is 0 Å². The number of halogens is 3. The summed E-state index contributed by atoms with van der Waals surface area (Å²) in [7, 11) is 0. The highest BCUT2D eigenvalue weighted by molar-refractivity contribution is 5.28. The molecule has 1 unspecified atom stereocenters. The lowest BCUT2D eigenvalue weighted by Gasteiger charge is -2.29. The molecule has 1 fully saturated rings. The molecule has 158 valence electrons. The number of benzene rings is 1. The SMILES string of the molecule is CCCC/C=C/CCC1CCC(c2ccc(C(F)C(F)(F)CCC)cc2)CC1. The first kappa shape index (κ1) is 23.0. The van der Waals surface area contributed by atoms with Gasteiger partial charge in [0.1, 0.15) is 0 Å². The van der Waals surface area contributed by atoms with Crippen LogP contribution in [0.3, 0.4) is 0 Å². The van der Waals surface area contributed by atoms with Crippen LogP contribution in [0.4, 0.5) is 13.2 Å². The molecule has 1 atom stereocenters. The molecule has 28 heavy (non-hydrogen) atoms. The van der Waals surface area contributed by atoms with Crippen molar-refractivity contribution in [3.8, 4) is 0 Å². The predicted octanol–water partition coefficient (Wildman–Crippen LogP) is 8.93. The second kappa shape index (κ2) is 11.7. The van der Waals surface area contributed by atoms with E-state index in [1.54, 1.807) is 19.1 Å². The number of hydrogen-bond acceptors (Lipinski definition) is 0. The third-order valence-corrected chi connectivity index (χ3v) is 6.13. The Morgan fingerprint density at radius 3 is 2.21 bits per heavy atom. The summed E-state index contributed by atoms with van der Waals surface area (Å²) in [5, 5.41) is 0. The first-order chi connectivity index (χ1) is 13.5. The van der Waals surface area contributed by atoms with Crippen molar-refractivity contribution in [2.45, 2.75) is 102 Å². The average molecular weight is 395 g/mol. The monoisotopic (exact) mass is 394 g/mol. The van der Waals surface area contributed by atoms with Crippen molar-refractivity contribution in [3.63, 3.8) is 0 Å². The van der Waals surface area contributed by atoms with Gasteiger partial charge in [0.2, 0.25) is 0 Å². The zero-order chi connectivity index (χ0) is 20.4. The molecule has 0 amide bonds. The van der Waals surface area contributed by atoms with Gasteiger partial charge >= 0.3 is 0 Å². The van der Waals surface area contributed by atoms with Crippen LogP contribution in [0.1, 0.15) is 108 Å². The molecule has 1 saturated carbocycles. The molecule has 0 saturated heterocycles. The number of hydrogen-bond donors (Lipinski definition) is 0. The van der Waals surface area contributed by atoms with Gasteiger partial charge in [0, 0.05) is 6.42 Å². The van der Waals surface area contributed by atoms with Crippen LogP contribution in [0, 0.1) is 5.92 Å². The van der Waals surface area contributed by atoms with Crippen molar-refractivity contribution in [1.29, 1.82) is 0 Å². The van der Waals surface area contributed by atoms with Crippen molar-refractivity contribution in [2.24, 2.45) is 5.92 Å². The topological polar surface area (TPSA) is 0 Å². The van der Waals surface area contributed by atoms with Gasteiger partial charge in [-0.2, -0.15) is 0 Å². The first-order valence-electron chi connectivity index (χ1n) is 11.2. The van der Waals surface area contributed by atoms with Crippen molar-refractivity contribution in [3.05, 3.63) is 47.5 Å². The Balaban J connectivity index is 1.79. The zero-order valence-electron chi connectivity index (χ0n) is 17.6. The molecule has 0 bridgehead atoms. The summed E-state index contributed by atoms with van der Waals surface area (Å²) in [4.78, 5) is 0. The fourth-order valence-corrected chi connectivity index (χ4v) is 4.32. The van der Waals surface area contributed by atoms with Crippen LogP contribution in [-0.2, 0) is 0 Å². The minimum Gasteiger partial charge on any atom is -0.236 e. The molecular formula is C25H37F3. The van der Waals surface area contributed by atoms with Gasteiger partial charge in [-0.25, -0.2) is 13.2 Å². The van der Waals surface area contributed by atoms with Gasteiger partial charge in [-0.3, -0.25) is 0 Å². The second-order valence-corrected chi connectivity index (χ2v) is 8.45. The maximum Gasteiger partial charge on any atom is 0.282 e. The summed E-state index contributed by atoms with van der Waals surface area (Å²) in [6.45, 7) is 3.88. The van der Waals surface area contributed by atoms with Crippen molar-refractivity contribution in [2.75, 3.05) is 0 Å². The van der Waals surface area contributed by atoms with E-state index in [-0.39, 0.29) is 12.0 Å². The van der Waals surface area contributed by atoms with Crippen LogP contribution in [0.2, 0.25) is 0 Å². The van der Waals surface area contributed by atoms with Crippen LogP contribution in [0.15, 0.2) is 36.4 Å². The van der Waals surface area contributed by atoms with Gasteiger partial charge in [0.25, 0.3) is 5.92 Å². The van der Waals surface area contributed by atoms with E-state index < -0.39 is 18.5 Å². The van der Waals surface area contributed by atoms with Crippen molar-refractivity contribution >= 4 is 0 Å². The quantitative estimate of drug-likeness (QED) is 0.259. The minimum atomic E-state index is -3.28. The van der Waals surface area contributed by atoms with E-state index >= 15 is 0 Å². The third-order valence-electron chi connectivity index (χ3n) is 6.13. The lowest BCUT2D eigenvalue weighted by molar-refractivity contribution is -0.0807. The Hall–Kier alpha value is -1.25. The summed E-state index contributed by atoms with van der Waals surface area (Å²) < 4.78 is 41.8. The fourth-order valence-electron chi connectivity index (χ4n) is 4.32. The third kappa shape index (κ3) is 6.97. The lowest BCUT2D eigenvalue weighted by atomic mass is 9.77. The highest BCUT2D eigenvalue weighted by atomic mass is 19.3. The van der Waals surface area contributed by atoms with Crippen LogP contribution >= 0.6 is 0 Å². The molecule has 0 aliphatic heterocycles. The standard InChI is InChI=1S/C25H37F3/c1-3-5-6-7-8-9-10-20-11-13-21(14-12-20)22-15-17-23(18-16-22)24(26)25(27,28)19-4-2/h7-8,15-18,20-21,24H,3-6,9-14,19H2,1-2H3/b8-7+. The molecule has 1 aliphatic carbocycles. The van der Waals surface area contributed by atoms with Crippen LogP contribution in [0.5, 0.6) is 0 Å². The highest BCUT2D eigenvalue weighted by Crippen LogP contribution is 2.40. The maximum absolute atomic E-state index is 14.2. The van der Waals surface area contributed by atoms with E-state index in [2.05, 4.69) is 19.1 Å². The summed E-state index contributed by atoms with van der Waals surface area (Å²) in [6, 6.07) is 6.87. The molecule has 1 aliphatic rings. The Kier molecular flexibility index (Phi) is 9.61. The molecule has 0 nitrogen and oxygen atoms in total. The Morgan fingerprint density at radius 2 is 1.61 bits per heavy atom. The van der Waals surface area contributed by atoms with Gasteiger partial charge in [-0.05, 0) is 67.9 Å². The average Bonchev–Trinajstić information content (AvgIpc) is 2.70. The van der Waals surface area contributed by atoms with Gasteiger partial charge < -0.3 is 0 Å². The Morgan fingerprint density at radius 1 is 0.964 bits per heavy atom. The predicted molar refractivity (Wildman–Crippen MR) is 113 cm³/mol. The number of alkyl halides is 3. The molecular weight excluding hydrogens is 357 g/mol. The highest BCUT2D eigenvalue weighted by Gasteiger charge is 2.40. The summed E-state index contributed by atoms with van der Waals surface area (Å²) in [5.74, 6) is -1.99. The summed E-state index contributed by atoms with van der Waals surface area (Å²) >= 11 is 0. The van der Waals surface area contributed by atoms with Gasteiger partial charge in [0.05, 0.1) is 0 Å². The molecule has 0 aromatic heterocycles. The number of unbranched alkanes of at least 4 members (excludes halogenated alkanes) is 2. The van der Waals surface area contributed by atoms with Gasteiger partial charge in [-0.15, -0.1) is 0 Å². The van der Waals surface area contributed by atoms with Crippen LogP contribution < -0.4 is 0 Å². The molecule has 3 heteroatoms. The summed E-state index contributed by atoms with van der Waals surface area (Å²) in [6.07, 6.45) is 13.3. The van der Waals surface area contributed by atoms with Gasteiger partial charge in [-0.1, -0.05) is 69.5 Å². The van der Waals surface area contributed by atoms with Crippen LogP contribution in [-0.4, -0.2) is 5.92 Å². The minimum absolute atomic E-state index is 0.103. The molecule has 1 aromatic rings. The first-order valence-corrected chi connectivity index (χ1v) is 11.2. The van der Waals surface area contributed by atoms with Crippen LogP contribution in [0.25, 0.3) is 0 Å². The molecule has 0 radical (unpaired) electrons.